The molecule has 0 radical (unpaired) electrons. The molecule has 2 aromatic carbocycles. The third-order valence-corrected chi connectivity index (χ3v) is 7.91. The standard InChI is InChI=1S/C30H32N6O3/c1-34(2)30(38)19-7-5-18(6-8-19)23-14-31-29-28(23)33-25(15-32-29)21-11-20-9-10-36(17-24(20)26(12-21)39-4)22-13-27(37)35(3)16-22/h5-8,11-12,14-15,22H,9-10,13,16-17H2,1-4H3,(H,31,32)/t22-/m0/s1. The van der Waals surface area contributed by atoms with Crippen LogP contribution in [0, 0.1) is 0 Å². The maximum absolute atomic E-state index is 12.3. The highest BCUT2D eigenvalue weighted by Crippen LogP contribution is 2.36. The maximum atomic E-state index is 12.3. The maximum Gasteiger partial charge on any atom is 0.253 e. The van der Waals surface area contributed by atoms with Gasteiger partial charge in [0.15, 0.2) is 5.65 Å². The molecule has 39 heavy (non-hydrogen) atoms. The highest BCUT2D eigenvalue weighted by Gasteiger charge is 2.34. The Kier molecular flexibility index (Phi) is 6.31. The lowest BCUT2D eigenvalue weighted by atomic mass is 9.94. The van der Waals surface area contributed by atoms with Gasteiger partial charge in [-0.15, -0.1) is 0 Å². The van der Waals surface area contributed by atoms with Crippen LogP contribution < -0.4 is 4.74 Å². The fourth-order valence-corrected chi connectivity index (χ4v) is 5.68. The minimum atomic E-state index is -0.0314. The van der Waals surface area contributed by atoms with Crippen LogP contribution in [0.3, 0.4) is 0 Å². The predicted molar refractivity (Wildman–Crippen MR) is 149 cm³/mol. The summed E-state index contributed by atoms with van der Waals surface area (Å²) in [7, 11) is 7.07. The van der Waals surface area contributed by atoms with Crippen LogP contribution in [0.25, 0.3) is 33.5 Å². The zero-order chi connectivity index (χ0) is 27.3. The van der Waals surface area contributed by atoms with Gasteiger partial charge in [-0.25, -0.2) is 9.97 Å². The number of amides is 2. The third-order valence-electron chi connectivity index (χ3n) is 7.91. The summed E-state index contributed by atoms with van der Waals surface area (Å²) in [5.41, 5.74) is 8.17. The van der Waals surface area contributed by atoms with Gasteiger partial charge in [0.1, 0.15) is 11.3 Å². The molecule has 1 N–H and O–H groups in total. The summed E-state index contributed by atoms with van der Waals surface area (Å²) >= 11 is 0. The van der Waals surface area contributed by atoms with Crippen molar-refractivity contribution in [1.82, 2.24) is 29.7 Å². The molecule has 6 rings (SSSR count). The van der Waals surface area contributed by atoms with Gasteiger partial charge in [0.2, 0.25) is 5.91 Å². The molecule has 2 amide bonds. The second-order valence-electron chi connectivity index (χ2n) is 10.6. The van der Waals surface area contributed by atoms with Crippen molar-refractivity contribution in [3.05, 3.63) is 65.5 Å². The van der Waals surface area contributed by atoms with E-state index < -0.39 is 0 Å². The van der Waals surface area contributed by atoms with E-state index in [1.165, 1.54) is 11.1 Å². The molecule has 0 aliphatic carbocycles. The Morgan fingerprint density at radius 2 is 1.95 bits per heavy atom. The number of nitrogens with one attached hydrogen (secondary N) is 1. The van der Waals surface area contributed by atoms with Gasteiger partial charge in [-0.2, -0.15) is 0 Å². The Labute approximate surface area is 227 Å². The van der Waals surface area contributed by atoms with Crippen LogP contribution >= 0.6 is 0 Å². The monoisotopic (exact) mass is 524 g/mol. The average molecular weight is 525 g/mol. The summed E-state index contributed by atoms with van der Waals surface area (Å²) in [4.78, 5) is 43.1. The van der Waals surface area contributed by atoms with Crippen molar-refractivity contribution in [1.29, 1.82) is 0 Å². The van der Waals surface area contributed by atoms with Crippen molar-refractivity contribution in [2.45, 2.75) is 25.4 Å². The highest BCUT2D eigenvalue weighted by atomic mass is 16.5. The number of aromatic amines is 1. The molecule has 4 heterocycles. The lowest BCUT2D eigenvalue weighted by Crippen LogP contribution is -2.40. The van der Waals surface area contributed by atoms with Crippen molar-refractivity contribution in [2.75, 3.05) is 41.3 Å². The number of rotatable bonds is 5. The number of aromatic nitrogens is 3. The summed E-state index contributed by atoms with van der Waals surface area (Å²) in [6.45, 7) is 2.45. The molecule has 2 aromatic heterocycles. The van der Waals surface area contributed by atoms with Crippen molar-refractivity contribution in [2.24, 2.45) is 0 Å². The molecule has 9 nitrogen and oxygen atoms in total. The van der Waals surface area contributed by atoms with Crippen LogP contribution in [0.5, 0.6) is 5.75 Å². The fraction of sp³-hybridized carbons (Fsp3) is 0.333. The van der Waals surface area contributed by atoms with Crippen LogP contribution in [-0.4, -0.2) is 88.9 Å². The number of ether oxygens (including phenoxy) is 1. The first-order valence-corrected chi connectivity index (χ1v) is 13.2. The summed E-state index contributed by atoms with van der Waals surface area (Å²) in [5, 5.41) is 0. The Balaban J connectivity index is 1.31. The second-order valence-corrected chi connectivity index (χ2v) is 10.6. The normalized spacial score (nSPS) is 17.5. The molecule has 1 fully saturated rings. The average Bonchev–Trinajstić information content (AvgIpc) is 3.53. The van der Waals surface area contributed by atoms with Crippen molar-refractivity contribution in [3.63, 3.8) is 0 Å². The van der Waals surface area contributed by atoms with E-state index in [2.05, 4.69) is 20.9 Å². The molecule has 1 atom stereocenters. The van der Waals surface area contributed by atoms with E-state index in [4.69, 9.17) is 9.72 Å². The summed E-state index contributed by atoms with van der Waals surface area (Å²) in [5.74, 6) is 1.02. The van der Waals surface area contributed by atoms with Crippen molar-refractivity contribution >= 4 is 23.0 Å². The van der Waals surface area contributed by atoms with Gasteiger partial charge < -0.3 is 19.5 Å². The van der Waals surface area contributed by atoms with Crippen LogP contribution in [0.15, 0.2) is 48.8 Å². The van der Waals surface area contributed by atoms with Crippen molar-refractivity contribution < 1.29 is 14.3 Å². The van der Waals surface area contributed by atoms with Crippen LogP contribution in [0.1, 0.15) is 27.9 Å². The van der Waals surface area contributed by atoms with Gasteiger partial charge in [0.25, 0.3) is 5.91 Å². The van der Waals surface area contributed by atoms with Gasteiger partial charge in [-0.1, -0.05) is 12.1 Å². The number of nitrogens with zero attached hydrogens (tertiary/aromatic N) is 5. The smallest absolute Gasteiger partial charge is 0.253 e. The van der Waals surface area contributed by atoms with Crippen molar-refractivity contribution in [3.8, 4) is 28.1 Å². The van der Waals surface area contributed by atoms with Crippen LogP contribution in [0.4, 0.5) is 0 Å². The number of methoxy groups -OCH3 is 1. The van der Waals surface area contributed by atoms with E-state index in [0.717, 1.165) is 59.7 Å². The Hall–Kier alpha value is -4.24. The summed E-state index contributed by atoms with van der Waals surface area (Å²) in [6.07, 6.45) is 5.16. The minimum Gasteiger partial charge on any atom is -0.496 e. The molecule has 9 heteroatoms. The third kappa shape index (κ3) is 4.52. The molecule has 2 aliphatic rings. The summed E-state index contributed by atoms with van der Waals surface area (Å²) in [6, 6.07) is 12.0. The minimum absolute atomic E-state index is 0.0314. The number of likely N-dealkylation sites (tertiary alicyclic amines) is 1. The first kappa shape index (κ1) is 25.1. The number of benzene rings is 2. The SMILES string of the molecule is COc1cc(-c2cnc3[nH]cc(-c4ccc(C(=O)N(C)C)cc4)c3n2)cc2c1CN([C@H]1CC(=O)N(C)C1)CC2. The molecule has 0 bridgehead atoms. The zero-order valence-electron chi connectivity index (χ0n) is 22.7. The van der Waals surface area contributed by atoms with Gasteiger partial charge in [0, 0.05) is 81.7 Å². The molecule has 2 aliphatic heterocycles. The van der Waals surface area contributed by atoms with E-state index in [1.807, 2.05) is 48.5 Å². The molecule has 1 saturated heterocycles. The van der Waals surface area contributed by atoms with Gasteiger partial charge >= 0.3 is 0 Å². The quantitative estimate of drug-likeness (QED) is 0.429. The zero-order valence-corrected chi connectivity index (χ0v) is 22.7. The molecule has 0 saturated carbocycles. The number of H-pyrrole nitrogens is 1. The van der Waals surface area contributed by atoms with E-state index in [-0.39, 0.29) is 17.9 Å². The Morgan fingerprint density at radius 3 is 2.64 bits per heavy atom. The number of carbonyl (C=O) groups excluding carboxylic acids is 2. The van der Waals surface area contributed by atoms with E-state index >= 15 is 0 Å². The predicted octanol–water partition coefficient (Wildman–Crippen LogP) is 3.59. The Morgan fingerprint density at radius 1 is 1.15 bits per heavy atom. The lowest BCUT2D eigenvalue weighted by Gasteiger charge is -2.34. The van der Waals surface area contributed by atoms with Crippen LogP contribution in [0.2, 0.25) is 0 Å². The molecular weight excluding hydrogens is 492 g/mol. The number of hydrogen-bond acceptors (Lipinski definition) is 6. The van der Waals surface area contributed by atoms with Gasteiger partial charge in [-0.3, -0.25) is 14.5 Å². The van der Waals surface area contributed by atoms with Gasteiger partial charge in [-0.05, 0) is 41.8 Å². The van der Waals surface area contributed by atoms with E-state index in [0.29, 0.717) is 17.6 Å². The highest BCUT2D eigenvalue weighted by molar-refractivity contribution is 5.96. The lowest BCUT2D eigenvalue weighted by molar-refractivity contribution is -0.126. The van der Waals surface area contributed by atoms with Crippen LogP contribution in [-0.2, 0) is 17.8 Å². The Bertz CT molecular complexity index is 1560. The molecule has 0 unspecified atom stereocenters. The second kappa shape index (κ2) is 9.81. The number of likely N-dealkylation sites (N-methyl/N-ethyl adjacent to an activating group) is 1. The fourth-order valence-electron chi connectivity index (χ4n) is 5.68. The number of hydrogen-bond donors (Lipinski definition) is 1. The number of carbonyl (C=O) groups is 2. The largest absolute Gasteiger partial charge is 0.496 e. The van der Waals surface area contributed by atoms with E-state index in [9.17, 15) is 9.59 Å². The van der Waals surface area contributed by atoms with Gasteiger partial charge in [0.05, 0.1) is 19.0 Å². The molecule has 200 valence electrons. The first-order chi connectivity index (χ1) is 18.8. The topological polar surface area (TPSA) is 94.7 Å². The number of fused-ring (bicyclic) bond motifs is 2. The summed E-state index contributed by atoms with van der Waals surface area (Å²) < 4.78 is 5.85. The molecule has 0 spiro atoms. The molecular formula is C30H32N6O3. The van der Waals surface area contributed by atoms with E-state index in [1.54, 1.807) is 32.3 Å². The molecule has 4 aromatic rings. The first-order valence-electron chi connectivity index (χ1n) is 13.2.